The highest BCUT2D eigenvalue weighted by atomic mass is 16.2. The molecule has 25 heavy (non-hydrogen) atoms. The second kappa shape index (κ2) is 8.93. The second-order valence-electron chi connectivity index (χ2n) is 7.46. The third-order valence-corrected chi connectivity index (χ3v) is 5.39. The van der Waals surface area contributed by atoms with Gasteiger partial charge in [-0.05, 0) is 75.1 Å². The number of piperidine rings is 1. The molecule has 1 heterocycles. The van der Waals surface area contributed by atoms with Gasteiger partial charge in [-0.1, -0.05) is 18.6 Å². The summed E-state index contributed by atoms with van der Waals surface area (Å²) in [5.41, 5.74) is 3.59. The zero-order valence-electron chi connectivity index (χ0n) is 15.4. The highest BCUT2D eigenvalue weighted by Gasteiger charge is 2.15. The SMILES string of the molecule is CC1CCN(c2ccc(NC(=O)NCCC3=CCCCC3)cc2)CC1. The molecule has 0 unspecified atom stereocenters. The Kier molecular flexibility index (Phi) is 6.37. The molecule has 0 aromatic heterocycles. The fourth-order valence-corrected chi connectivity index (χ4v) is 3.67. The summed E-state index contributed by atoms with van der Waals surface area (Å²) in [4.78, 5) is 14.5. The summed E-state index contributed by atoms with van der Waals surface area (Å²) in [6.45, 7) is 5.30. The predicted molar refractivity (Wildman–Crippen MR) is 105 cm³/mol. The van der Waals surface area contributed by atoms with Gasteiger partial charge in [-0.25, -0.2) is 4.79 Å². The fraction of sp³-hybridized carbons (Fsp3) is 0.571. The van der Waals surface area contributed by atoms with Gasteiger partial charge in [-0.15, -0.1) is 0 Å². The van der Waals surface area contributed by atoms with Gasteiger partial charge in [0, 0.05) is 31.0 Å². The second-order valence-corrected chi connectivity index (χ2v) is 7.46. The first-order valence-electron chi connectivity index (χ1n) is 9.78. The number of urea groups is 1. The molecule has 4 nitrogen and oxygen atoms in total. The predicted octanol–water partition coefficient (Wildman–Crippen LogP) is 4.93. The number of allylic oxidation sites excluding steroid dienone is 1. The molecular weight excluding hydrogens is 310 g/mol. The largest absolute Gasteiger partial charge is 0.372 e. The van der Waals surface area contributed by atoms with Crippen molar-refractivity contribution in [2.75, 3.05) is 29.9 Å². The van der Waals surface area contributed by atoms with E-state index >= 15 is 0 Å². The molecule has 1 aromatic carbocycles. The van der Waals surface area contributed by atoms with Gasteiger partial charge in [0.15, 0.2) is 0 Å². The monoisotopic (exact) mass is 341 g/mol. The molecule has 1 saturated heterocycles. The average Bonchev–Trinajstić information content (AvgIpc) is 2.64. The molecule has 1 fully saturated rings. The maximum Gasteiger partial charge on any atom is 0.319 e. The summed E-state index contributed by atoms with van der Waals surface area (Å²) in [6.07, 6.45) is 10.8. The van der Waals surface area contributed by atoms with E-state index in [4.69, 9.17) is 0 Å². The molecule has 0 bridgehead atoms. The average molecular weight is 341 g/mol. The topological polar surface area (TPSA) is 44.4 Å². The van der Waals surface area contributed by atoms with Crippen LogP contribution in [0.5, 0.6) is 0 Å². The van der Waals surface area contributed by atoms with Gasteiger partial charge in [0.1, 0.15) is 0 Å². The third kappa shape index (κ3) is 5.52. The Balaban J connectivity index is 1.41. The van der Waals surface area contributed by atoms with E-state index in [9.17, 15) is 4.79 Å². The van der Waals surface area contributed by atoms with E-state index in [1.54, 1.807) is 0 Å². The molecule has 1 aliphatic heterocycles. The van der Waals surface area contributed by atoms with Crippen LogP contribution in [0.15, 0.2) is 35.9 Å². The maximum atomic E-state index is 12.0. The molecule has 0 spiro atoms. The molecule has 2 amide bonds. The maximum absolute atomic E-state index is 12.0. The molecule has 2 N–H and O–H groups in total. The van der Waals surface area contributed by atoms with Crippen molar-refractivity contribution in [2.24, 2.45) is 5.92 Å². The van der Waals surface area contributed by atoms with Crippen LogP contribution >= 0.6 is 0 Å². The van der Waals surface area contributed by atoms with Crippen LogP contribution in [0, 0.1) is 5.92 Å². The van der Waals surface area contributed by atoms with Crippen LogP contribution < -0.4 is 15.5 Å². The Bertz CT molecular complexity index is 586. The zero-order valence-corrected chi connectivity index (χ0v) is 15.4. The first kappa shape index (κ1) is 17.8. The summed E-state index contributed by atoms with van der Waals surface area (Å²) in [7, 11) is 0. The lowest BCUT2D eigenvalue weighted by molar-refractivity contribution is 0.252. The van der Waals surface area contributed by atoms with E-state index in [-0.39, 0.29) is 6.03 Å². The minimum absolute atomic E-state index is 0.115. The summed E-state index contributed by atoms with van der Waals surface area (Å²) in [5.74, 6) is 0.838. The van der Waals surface area contributed by atoms with Crippen LogP contribution in [-0.2, 0) is 0 Å². The zero-order chi connectivity index (χ0) is 17.5. The van der Waals surface area contributed by atoms with Crippen LogP contribution in [0.2, 0.25) is 0 Å². The van der Waals surface area contributed by atoms with Crippen molar-refractivity contribution in [3.05, 3.63) is 35.9 Å². The highest BCUT2D eigenvalue weighted by molar-refractivity contribution is 5.89. The number of rotatable bonds is 5. The van der Waals surface area contributed by atoms with Crippen LogP contribution in [0.1, 0.15) is 51.9 Å². The van der Waals surface area contributed by atoms with Gasteiger partial charge in [-0.3, -0.25) is 0 Å². The summed E-state index contributed by atoms with van der Waals surface area (Å²) in [5, 5.41) is 5.89. The number of amides is 2. The summed E-state index contributed by atoms with van der Waals surface area (Å²) in [6, 6.07) is 8.10. The minimum Gasteiger partial charge on any atom is -0.372 e. The summed E-state index contributed by atoms with van der Waals surface area (Å²) < 4.78 is 0. The Morgan fingerprint density at radius 3 is 2.60 bits per heavy atom. The van der Waals surface area contributed by atoms with E-state index in [0.29, 0.717) is 6.54 Å². The number of nitrogens with one attached hydrogen (secondary N) is 2. The van der Waals surface area contributed by atoms with E-state index in [0.717, 1.165) is 31.1 Å². The first-order valence-corrected chi connectivity index (χ1v) is 9.78. The third-order valence-electron chi connectivity index (χ3n) is 5.39. The molecule has 3 rings (SSSR count). The molecule has 1 aromatic rings. The standard InChI is InChI=1S/C21H31N3O/c1-17-12-15-24(16-13-17)20-9-7-19(8-10-20)23-21(25)22-14-11-18-5-3-2-4-6-18/h5,7-10,17H,2-4,6,11-16H2,1H3,(H2,22,23,25). The van der Waals surface area contributed by atoms with E-state index in [2.05, 4.69) is 40.7 Å². The van der Waals surface area contributed by atoms with Gasteiger partial charge in [-0.2, -0.15) is 0 Å². The van der Waals surface area contributed by atoms with Gasteiger partial charge in [0.25, 0.3) is 0 Å². The first-order chi connectivity index (χ1) is 12.2. The molecule has 0 saturated carbocycles. The normalized spacial score (nSPS) is 18.6. The Labute approximate surface area is 151 Å². The van der Waals surface area contributed by atoms with Crippen molar-refractivity contribution in [3.8, 4) is 0 Å². The fourth-order valence-electron chi connectivity index (χ4n) is 3.67. The number of anilines is 2. The van der Waals surface area contributed by atoms with Gasteiger partial charge in [0.2, 0.25) is 0 Å². The number of carbonyl (C=O) groups excluding carboxylic acids is 1. The van der Waals surface area contributed by atoms with Gasteiger partial charge < -0.3 is 15.5 Å². The lowest BCUT2D eigenvalue weighted by Gasteiger charge is -2.32. The lowest BCUT2D eigenvalue weighted by Crippen LogP contribution is -2.32. The lowest BCUT2D eigenvalue weighted by atomic mass is 9.97. The van der Waals surface area contributed by atoms with Gasteiger partial charge >= 0.3 is 6.03 Å². The highest BCUT2D eigenvalue weighted by Crippen LogP contribution is 2.24. The van der Waals surface area contributed by atoms with E-state index in [1.165, 1.54) is 49.8 Å². The van der Waals surface area contributed by atoms with Crippen molar-refractivity contribution >= 4 is 17.4 Å². The molecule has 0 atom stereocenters. The minimum atomic E-state index is -0.115. The number of hydrogen-bond acceptors (Lipinski definition) is 2. The van der Waals surface area contributed by atoms with Crippen molar-refractivity contribution in [1.82, 2.24) is 5.32 Å². The summed E-state index contributed by atoms with van der Waals surface area (Å²) >= 11 is 0. The quantitative estimate of drug-likeness (QED) is 0.745. The molecular formula is C21H31N3O. The number of hydrogen-bond donors (Lipinski definition) is 2. The van der Waals surface area contributed by atoms with Crippen LogP contribution in [0.25, 0.3) is 0 Å². The smallest absolute Gasteiger partial charge is 0.319 e. The Hall–Kier alpha value is -1.97. The number of nitrogens with zero attached hydrogens (tertiary/aromatic N) is 1. The van der Waals surface area contributed by atoms with Crippen molar-refractivity contribution in [1.29, 1.82) is 0 Å². The number of benzene rings is 1. The van der Waals surface area contributed by atoms with Crippen LogP contribution in [-0.4, -0.2) is 25.7 Å². The van der Waals surface area contributed by atoms with E-state index in [1.807, 2.05) is 12.1 Å². The van der Waals surface area contributed by atoms with Crippen molar-refractivity contribution in [2.45, 2.75) is 51.9 Å². The number of carbonyl (C=O) groups is 1. The Morgan fingerprint density at radius 2 is 1.92 bits per heavy atom. The molecule has 0 radical (unpaired) electrons. The van der Waals surface area contributed by atoms with E-state index < -0.39 is 0 Å². The molecule has 136 valence electrons. The molecule has 4 heteroatoms. The Morgan fingerprint density at radius 1 is 1.16 bits per heavy atom. The van der Waals surface area contributed by atoms with Crippen LogP contribution in [0.4, 0.5) is 16.2 Å². The van der Waals surface area contributed by atoms with Crippen molar-refractivity contribution in [3.63, 3.8) is 0 Å². The molecule has 1 aliphatic carbocycles. The van der Waals surface area contributed by atoms with Gasteiger partial charge in [0.05, 0.1) is 0 Å². The van der Waals surface area contributed by atoms with Crippen LogP contribution in [0.3, 0.4) is 0 Å². The molecule has 2 aliphatic rings. The van der Waals surface area contributed by atoms with Crippen molar-refractivity contribution < 1.29 is 4.79 Å².